The molecule has 24 heavy (non-hydrogen) atoms. The summed E-state index contributed by atoms with van der Waals surface area (Å²) in [6, 6.07) is 3.80. The van der Waals surface area contributed by atoms with Crippen molar-refractivity contribution in [1.29, 1.82) is 0 Å². The Hall–Kier alpha value is -2.37. The van der Waals surface area contributed by atoms with Gasteiger partial charge in [-0.3, -0.25) is 0 Å². The van der Waals surface area contributed by atoms with Crippen molar-refractivity contribution in [1.82, 2.24) is 10.6 Å². The Morgan fingerprint density at radius 2 is 2.08 bits per heavy atom. The van der Waals surface area contributed by atoms with Gasteiger partial charge in [-0.25, -0.2) is 4.79 Å². The third kappa shape index (κ3) is 3.58. The van der Waals surface area contributed by atoms with Crippen molar-refractivity contribution in [2.24, 2.45) is 0 Å². The molecule has 2 amide bonds. The second kappa shape index (κ2) is 6.63. The Bertz CT molecular complexity index is 668. The van der Waals surface area contributed by atoms with Crippen LogP contribution in [0.15, 0.2) is 24.2 Å². The van der Waals surface area contributed by atoms with Crippen LogP contribution in [0, 0.1) is 0 Å². The van der Waals surface area contributed by atoms with Crippen molar-refractivity contribution < 1.29 is 14.3 Å². The number of anilines is 1. The molecule has 3 N–H and O–H groups in total. The van der Waals surface area contributed by atoms with Gasteiger partial charge in [-0.2, -0.15) is 0 Å². The fourth-order valence-electron chi connectivity index (χ4n) is 2.95. The van der Waals surface area contributed by atoms with Crippen LogP contribution < -0.4 is 25.4 Å². The predicted octanol–water partition coefficient (Wildman–Crippen LogP) is 3.15. The molecule has 2 aliphatic rings. The maximum atomic E-state index is 11.5. The zero-order valence-electron chi connectivity index (χ0n) is 14.5. The monoisotopic (exact) mass is 331 g/mol. The van der Waals surface area contributed by atoms with Gasteiger partial charge in [0.15, 0.2) is 11.5 Å². The van der Waals surface area contributed by atoms with E-state index >= 15 is 0 Å². The topological polar surface area (TPSA) is 71.6 Å². The molecule has 0 unspecified atom stereocenters. The van der Waals surface area contributed by atoms with E-state index in [9.17, 15) is 4.79 Å². The van der Waals surface area contributed by atoms with E-state index in [1.807, 2.05) is 19.1 Å². The smallest absolute Gasteiger partial charge is 0.314 e. The van der Waals surface area contributed by atoms with Gasteiger partial charge in [0, 0.05) is 42.7 Å². The summed E-state index contributed by atoms with van der Waals surface area (Å²) in [5, 5.41) is 9.09. The van der Waals surface area contributed by atoms with E-state index in [-0.39, 0.29) is 11.6 Å². The largest absolute Gasteiger partial charge is 0.458 e. The van der Waals surface area contributed by atoms with Gasteiger partial charge >= 0.3 is 6.03 Å². The van der Waals surface area contributed by atoms with Crippen LogP contribution >= 0.6 is 0 Å². The summed E-state index contributed by atoms with van der Waals surface area (Å²) in [6.07, 6.45) is 4.01. The average Bonchev–Trinajstić information content (AvgIpc) is 2.87. The van der Waals surface area contributed by atoms with Gasteiger partial charge < -0.3 is 25.4 Å². The Labute approximate surface area is 142 Å². The first-order chi connectivity index (χ1) is 11.5. The van der Waals surface area contributed by atoms with Crippen molar-refractivity contribution in [3.8, 4) is 11.5 Å². The van der Waals surface area contributed by atoms with Gasteiger partial charge in [-0.1, -0.05) is 6.92 Å². The molecule has 2 heterocycles. The Morgan fingerprint density at radius 3 is 2.88 bits per heavy atom. The fourth-order valence-corrected chi connectivity index (χ4v) is 2.95. The Balaban J connectivity index is 1.59. The number of hydrogen-bond donors (Lipinski definition) is 3. The molecular weight excluding hydrogens is 306 g/mol. The van der Waals surface area contributed by atoms with E-state index in [1.54, 1.807) is 6.26 Å². The number of urea groups is 1. The highest BCUT2D eigenvalue weighted by Crippen LogP contribution is 2.45. The van der Waals surface area contributed by atoms with Crippen LogP contribution in [0.1, 0.15) is 39.2 Å². The molecule has 0 fully saturated rings. The van der Waals surface area contributed by atoms with Gasteiger partial charge in [0.05, 0.1) is 0 Å². The molecular formula is C18H25N3O3. The van der Waals surface area contributed by atoms with E-state index in [0.717, 1.165) is 41.4 Å². The Morgan fingerprint density at radius 1 is 1.29 bits per heavy atom. The number of carbonyl (C=O) groups is 1. The van der Waals surface area contributed by atoms with E-state index < -0.39 is 0 Å². The van der Waals surface area contributed by atoms with Crippen LogP contribution in [0.5, 0.6) is 11.5 Å². The van der Waals surface area contributed by atoms with Crippen molar-refractivity contribution in [3.05, 3.63) is 29.7 Å². The van der Waals surface area contributed by atoms with E-state index in [0.29, 0.717) is 19.5 Å². The van der Waals surface area contributed by atoms with Crippen LogP contribution in [0.2, 0.25) is 0 Å². The first-order valence-corrected chi connectivity index (χ1v) is 8.48. The van der Waals surface area contributed by atoms with Crippen LogP contribution in [-0.2, 0) is 6.42 Å². The minimum atomic E-state index is -0.151. The van der Waals surface area contributed by atoms with E-state index in [4.69, 9.17) is 9.47 Å². The summed E-state index contributed by atoms with van der Waals surface area (Å²) in [4.78, 5) is 11.5. The number of amides is 2. The molecule has 3 rings (SSSR count). The first kappa shape index (κ1) is 16.5. The first-order valence-electron chi connectivity index (χ1n) is 8.48. The summed E-state index contributed by atoms with van der Waals surface area (Å²) in [7, 11) is 0. The molecule has 0 aliphatic carbocycles. The molecule has 0 bridgehead atoms. The highest BCUT2D eigenvalue weighted by Gasteiger charge is 2.32. The van der Waals surface area contributed by atoms with Gasteiger partial charge in [0.25, 0.3) is 0 Å². The molecule has 0 saturated carbocycles. The average molecular weight is 331 g/mol. The number of ether oxygens (including phenoxy) is 2. The van der Waals surface area contributed by atoms with Gasteiger partial charge in [-0.05, 0) is 32.4 Å². The minimum Gasteiger partial charge on any atom is -0.458 e. The summed E-state index contributed by atoms with van der Waals surface area (Å²) in [5.41, 5.74) is 2.26. The maximum absolute atomic E-state index is 11.5. The number of fused-ring (bicyclic) bond motifs is 3. The third-order valence-electron chi connectivity index (χ3n) is 4.06. The molecule has 2 aliphatic heterocycles. The molecule has 6 nitrogen and oxygen atoms in total. The molecule has 130 valence electrons. The molecule has 6 heteroatoms. The van der Waals surface area contributed by atoms with E-state index in [1.165, 1.54) is 0 Å². The van der Waals surface area contributed by atoms with E-state index in [2.05, 4.69) is 29.8 Å². The molecule has 0 saturated heterocycles. The normalized spacial score (nSPS) is 16.7. The highest BCUT2D eigenvalue weighted by molar-refractivity contribution is 5.73. The zero-order valence-corrected chi connectivity index (χ0v) is 14.5. The summed E-state index contributed by atoms with van der Waals surface area (Å²) < 4.78 is 11.8. The Kier molecular flexibility index (Phi) is 4.55. The lowest BCUT2D eigenvalue weighted by Crippen LogP contribution is -2.36. The van der Waals surface area contributed by atoms with Crippen molar-refractivity contribution in [2.45, 2.75) is 45.6 Å². The molecule has 0 radical (unpaired) electrons. The lowest BCUT2D eigenvalue weighted by molar-refractivity contribution is 0.240. The van der Waals surface area contributed by atoms with Crippen LogP contribution in [0.25, 0.3) is 0 Å². The SMILES string of the molecule is CCCNC(=O)NCCC1=COc2ccc3c(c2O1)CC(C)(C)N3. The maximum Gasteiger partial charge on any atom is 0.314 e. The number of carbonyl (C=O) groups excluding carboxylic acids is 1. The van der Waals surface area contributed by atoms with Gasteiger partial charge in [0.2, 0.25) is 0 Å². The molecule has 1 aromatic rings. The van der Waals surface area contributed by atoms with Crippen molar-refractivity contribution in [3.63, 3.8) is 0 Å². The standard InChI is InChI=1S/C18H25N3O3/c1-4-8-19-17(22)20-9-7-12-11-23-15-6-5-14-13(16(15)24-12)10-18(2,3)21-14/h5-6,11,21H,4,7-10H2,1-3H3,(H2,19,20,22). The van der Waals surface area contributed by atoms with Crippen molar-refractivity contribution in [2.75, 3.05) is 18.4 Å². The molecule has 0 spiro atoms. The van der Waals surface area contributed by atoms with Gasteiger partial charge in [0.1, 0.15) is 12.0 Å². The lowest BCUT2D eigenvalue weighted by atomic mass is 9.99. The quantitative estimate of drug-likeness (QED) is 0.775. The highest BCUT2D eigenvalue weighted by atomic mass is 16.6. The summed E-state index contributed by atoms with van der Waals surface area (Å²) >= 11 is 0. The number of rotatable bonds is 5. The summed E-state index contributed by atoms with van der Waals surface area (Å²) in [6.45, 7) is 7.52. The molecule has 0 atom stereocenters. The lowest BCUT2D eigenvalue weighted by Gasteiger charge is -2.21. The predicted molar refractivity (Wildman–Crippen MR) is 93.5 cm³/mol. The van der Waals surface area contributed by atoms with Crippen LogP contribution in [0.4, 0.5) is 10.5 Å². The third-order valence-corrected chi connectivity index (χ3v) is 4.06. The molecule has 0 aromatic heterocycles. The number of benzene rings is 1. The van der Waals surface area contributed by atoms with Gasteiger partial charge in [-0.15, -0.1) is 0 Å². The molecule has 1 aromatic carbocycles. The second-order valence-electron chi connectivity index (χ2n) is 6.84. The zero-order chi connectivity index (χ0) is 17.2. The van der Waals surface area contributed by atoms with Crippen LogP contribution in [0.3, 0.4) is 0 Å². The minimum absolute atomic E-state index is 0.0149. The number of hydrogen-bond acceptors (Lipinski definition) is 4. The fraction of sp³-hybridized carbons (Fsp3) is 0.500. The second-order valence-corrected chi connectivity index (χ2v) is 6.84. The van der Waals surface area contributed by atoms with Crippen molar-refractivity contribution >= 4 is 11.7 Å². The number of nitrogens with one attached hydrogen (secondary N) is 3. The summed E-state index contributed by atoms with van der Waals surface area (Å²) in [5.74, 6) is 2.25. The van der Waals surface area contributed by atoms with Crippen LogP contribution in [-0.4, -0.2) is 24.7 Å².